The lowest BCUT2D eigenvalue weighted by molar-refractivity contribution is 0.327. The fraction of sp³-hybridized carbons (Fsp3) is 0.786. The third-order valence-corrected chi connectivity index (χ3v) is 4.05. The molecule has 2 saturated carbocycles. The zero-order valence-electron chi connectivity index (χ0n) is 10.6. The molecule has 94 valence electrons. The van der Waals surface area contributed by atoms with Gasteiger partial charge in [0.15, 0.2) is 0 Å². The minimum absolute atomic E-state index is 0.668. The Bertz CT molecular complexity index is 348. The van der Waals surface area contributed by atoms with Crippen molar-refractivity contribution in [2.24, 2.45) is 5.92 Å². The lowest BCUT2D eigenvalue weighted by Gasteiger charge is -2.21. The van der Waals surface area contributed by atoms with Gasteiger partial charge in [0.05, 0.1) is 11.7 Å². The van der Waals surface area contributed by atoms with Crippen LogP contribution < -0.4 is 5.32 Å². The molecule has 1 N–H and O–H groups in total. The molecule has 3 rings (SSSR count). The highest BCUT2D eigenvalue weighted by molar-refractivity contribution is 5.00. The second kappa shape index (κ2) is 5.21. The number of aromatic nitrogens is 2. The van der Waals surface area contributed by atoms with Gasteiger partial charge < -0.3 is 5.32 Å². The molecule has 0 aromatic carbocycles. The average molecular weight is 233 g/mol. The highest BCUT2D eigenvalue weighted by Crippen LogP contribution is 2.28. The van der Waals surface area contributed by atoms with Crippen LogP contribution >= 0.6 is 0 Å². The average Bonchev–Trinajstić information content (AvgIpc) is 3.07. The molecule has 0 spiro atoms. The Labute approximate surface area is 104 Å². The SMILES string of the molecule is c1cn(C2CCCCC2)nc1CNCC1CC1. The summed E-state index contributed by atoms with van der Waals surface area (Å²) < 4.78 is 2.20. The smallest absolute Gasteiger partial charge is 0.0762 e. The summed E-state index contributed by atoms with van der Waals surface area (Å²) >= 11 is 0. The van der Waals surface area contributed by atoms with E-state index in [0.717, 1.165) is 12.5 Å². The Morgan fingerprint density at radius 3 is 2.76 bits per heavy atom. The summed E-state index contributed by atoms with van der Waals surface area (Å²) in [6, 6.07) is 2.84. The molecule has 1 aromatic heterocycles. The van der Waals surface area contributed by atoms with Gasteiger partial charge in [0.25, 0.3) is 0 Å². The van der Waals surface area contributed by atoms with Crippen LogP contribution in [0.25, 0.3) is 0 Å². The predicted molar refractivity (Wildman–Crippen MR) is 68.8 cm³/mol. The van der Waals surface area contributed by atoms with E-state index in [1.54, 1.807) is 0 Å². The minimum Gasteiger partial charge on any atom is -0.311 e. The fourth-order valence-corrected chi connectivity index (χ4v) is 2.75. The number of rotatable bonds is 5. The summed E-state index contributed by atoms with van der Waals surface area (Å²) in [7, 11) is 0. The van der Waals surface area contributed by atoms with Crippen LogP contribution in [-0.2, 0) is 6.54 Å². The molecule has 3 nitrogen and oxygen atoms in total. The van der Waals surface area contributed by atoms with E-state index in [1.165, 1.54) is 57.2 Å². The zero-order valence-corrected chi connectivity index (χ0v) is 10.6. The molecular formula is C14H23N3. The van der Waals surface area contributed by atoms with E-state index in [1.807, 2.05) is 0 Å². The van der Waals surface area contributed by atoms with Crippen molar-refractivity contribution < 1.29 is 0 Å². The summed E-state index contributed by atoms with van der Waals surface area (Å²) in [6.07, 6.45) is 11.8. The summed E-state index contributed by atoms with van der Waals surface area (Å²) in [5.74, 6) is 0.954. The summed E-state index contributed by atoms with van der Waals surface area (Å²) in [5.41, 5.74) is 1.20. The molecule has 2 fully saturated rings. The van der Waals surface area contributed by atoms with E-state index in [9.17, 15) is 0 Å². The van der Waals surface area contributed by atoms with Crippen LogP contribution in [-0.4, -0.2) is 16.3 Å². The lowest BCUT2D eigenvalue weighted by Crippen LogP contribution is -2.17. The van der Waals surface area contributed by atoms with Crippen molar-refractivity contribution in [3.05, 3.63) is 18.0 Å². The van der Waals surface area contributed by atoms with E-state index < -0.39 is 0 Å². The van der Waals surface area contributed by atoms with Gasteiger partial charge in [-0.1, -0.05) is 19.3 Å². The number of hydrogen-bond donors (Lipinski definition) is 1. The molecule has 1 heterocycles. The second-order valence-electron chi connectivity index (χ2n) is 5.65. The molecule has 0 bridgehead atoms. The molecule has 0 radical (unpaired) electrons. The molecular weight excluding hydrogens is 210 g/mol. The predicted octanol–water partition coefficient (Wildman–Crippen LogP) is 2.89. The first kappa shape index (κ1) is 11.3. The van der Waals surface area contributed by atoms with Gasteiger partial charge in [-0.25, -0.2) is 0 Å². The van der Waals surface area contributed by atoms with Gasteiger partial charge in [0.2, 0.25) is 0 Å². The van der Waals surface area contributed by atoms with Crippen molar-refractivity contribution >= 4 is 0 Å². The summed E-state index contributed by atoms with van der Waals surface area (Å²) in [4.78, 5) is 0. The van der Waals surface area contributed by atoms with Gasteiger partial charge in [-0.2, -0.15) is 5.10 Å². The molecule has 2 aliphatic rings. The largest absolute Gasteiger partial charge is 0.311 e. The van der Waals surface area contributed by atoms with Gasteiger partial charge in [-0.3, -0.25) is 4.68 Å². The highest BCUT2D eigenvalue weighted by atomic mass is 15.3. The van der Waals surface area contributed by atoms with Crippen LogP contribution in [0.3, 0.4) is 0 Å². The van der Waals surface area contributed by atoms with Gasteiger partial charge in [0.1, 0.15) is 0 Å². The molecule has 0 atom stereocenters. The Morgan fingerprint density at radius 2 is 2.00 bits per heavy atom. The van der Waals surface area contributed by atoms with Crippen molar-refractivity contribution in [2.45, 2.75) is 57.5 Å². The van der Waals surface area contributed by atoms with Crippen LogP contribution in [0.4, 0.5) is 0 Å². The Hall–Kier alpha value is -0.830. The Kier molecular flexibility index (Phi) is 3.46. The van der Waals surface area contributed by atoms with Crippen LogP contribution in [0.2, 0.25) is 0 Å². The molecule has 3 heteroatoms. The van der Waals surface area contributed by atoms with Gasteiger partial charge in [-0.15, -0.1) is 0 Å². The summed E-state index contributed by atoms with van der Waals surface area (Å²) in [6.45, 7) is 2.12. The van der Waals surface area contributed by atoms with Crippen molar-refractivity contribution in [3.8, 4) is 0 Å². The van der Waals surface area contributed by atoms with E-state index >= 15 is 0 Å². The monoisotopic (exact) mass is 233 g/mol. The number of nitrogens with zero attached hydrogens (tertiary/aromatic N) is 2. The van der Waals surface area contributed by atoms with Crippen LogP contribution in [0, 0.1) is 5.92 Å². The fourth-order valence-electron chi connectivity index (χ4n) is 2.75. The van der Waals surface area contributed by atoms with Crippen LogP contribution in [0.1, 0.15) is 56.7 Å². The molecule has 0 saturated heterocycles. The maximum absolute atomic E-state index is 4.71. The first-order valence-electron chi connectivity index (χ1n) is 7.16. The molecule has 0 unspecified atom stereocenters. The second-order valence-corrected chi connectivity index (χ2v) is 5.65. The van der Waals surface area contributed by atoms with Gasteiger partial charge in [-0.05, 0) is 44.2 Å². The van der Waals surface area contributed by atoms with E-state index in [4.69, 9.17) is 5.10 Å². The number of nitrogens with one attached hydrogen (secondary N) is 1. The molecule has 0 aliphatic heterocycles. The standard InChI is InChI=1S/C14H23N3/c1-2-4-14(5-3-1)17-9-8-13(16-17)11-15-10-12-6-7-12/h8-9,12,14-15H,1-7,10-11H2. The Morgan fingerprint density at radius 1 is 1.18 bits per heavy atom. The van der Waals surface area contributed by atoms with E-state index in [0.29, 0.717) is 6.04 Å². The normalized spacial score (nSPS) is 21.9. The zero-order chi connectivity index (χ0) is 11.5. The molecule has 1 aromatic rings. The Balaban J connectivity index is 1.49. The van der Waals surface area contributed by atoms with Crippen molar-refractivity contribution in [1.82, 2.24) is 15.1 Å². The van der Waals surface area contributed by atoms with Crippen molar-refractivity contribution in [1.29, 1.82) is 0 Å². The van der Waals surface area contributed by atoms with Crippen molar-refractivity contribution in [3.63, 3.8) is 0 Å². The van der Waals surface area contributed by atoms with Gasteiger partial charge in [0, 0.05) is 12.7 Å². The first-order valence-corrected chi connectivity index (χ1v) is 7.16. The lowest BCUT2D eigenvalue weighted by atomic mass is 9.96. The number of hydrogen-bond acceptors (Lipinski definition) is 2. The maximum Gasteiger partial charge on any atom is 0.0762 e. The molecule has 0 amide bonds. The van der Waals surface area contributed by atoms with E-state index in [2.05, 4.69) is 22.3 Å². The van der Waals surface area contributed by atoms with E-state index in [-0.39, 0.29) is 0 Å². The molecule has 17 heavy (non-hydrogen) atoms. The quantitative estimate of drug-likeness (QED) is 0.847. The van der Waals surface area contributed by atoms with Crippen LogP contribution in [0.5, 0.6) is 0 Å². The topological polar surface area (TPSA) is 29.9 Å². The summed E-state index contributed by atoms with van der Waals surface area (Å²) in [5, 5.41) is 8.21. The van der Waals surface area contributed by atoms with Crippen molar-refractivity contribution in [2.75, 3.05) is 6.54 Å². The van der Waals surface area contributed by atoms with Gasteiger partial charge >= 0.3 is 0 Å². The van der Waals surface area contributed by atoms with Crippen LogP contribution in [0.15, 0.2) is 12.3 Å². The maximum atomic E-state index is 4.71. The molecule has 2 aliphatic carbocycles. The highest BCUT2D eigenvalue weighted by Gasteiger charge is 2.20. The minimum atomic E-state index is 0.668. The third kappa shape index (κ3) is 3.09. The first-order chi connectivity index (χ1) is 8.42. The third-order valence-electron chi connectivity index (χ3n) is 4.05.